The molecule has 0 aromatic heterocycles. The van der Waals surface area contributed by atoms with Gasteiger partial charge in [-0.15, -0.1) is 0 Å². The monoisotopic (exact) mass is 360 g/mol. The lowest BCUT2D eigenvalue weighted by Gasteiger charge is -2.11. The highest BCUT2D eigenvalue weighted by atomic mass is 35.5. The van der Waals surface area contributed by atoms with Crippen molar-refractivity contribution < 1.29 is 14.3 Å². The van der Waals surface area contributed by atoms with E-state index < -0.39 is 0 Å². The number of benzene rings is 2. The molecule has 2 aromatic carbocycles. The number of halogens is 1. The molecule has 132 valence electrons. The average molecular weight is 361 g/mol. The van der Waals surface area contributed by atoms with E-state index >= 15 is 0 Å². The van der Waals surface area contributed by atoms with Crippen molar-refractivity contribution in [3.05, 3.63) is 53.1 Å². The lowest BCUT2D eigenvalue weighted by atomic mass is 10.1. The van der Waals surface area contributed by atoms with Gasteiger partial charge >= 0.3 is 0 Å². The van der Waals surface area contributed by atoms with Crippen LogP contribution < -0.4 is 15.4 Å². The lowest BCUT2D eigenvalue weighted by Crippen LogP contribution is -2.15. The molecule has 6 heteroatoms. The van der Waals surface area contributed by atoms with Crippen LogP contribution in [0.15, 0.2) is 42.5 Å². The van der Waals surface area contributed by atoms with Crippen LogP contribution in [0.2, 0.25) is 5.02 Å². The summed E-state index contributed by atoms with van der Waals surface area (Å²) in [5, 5.41) is 5.98. The molecule has 2 N–H and O–H groups in total. The summed E-state index contributed by atoms with van der Waals surface area (Å²) in [5.41, 5.74) is 1.93. The number of carbonyl (C=O) groups is 2. The number of nitrogens with one attached hydrogen (secondary N) is 2. The number of rotatable bonds is 7. The minimum atomic E-state index is -0.191. The highest BCUT2D eigenvalue weighted by Crippen LogP contribution is 2.26. The van der Waals surface area contributed by atoms with Crippen molar-refractivity contribution in [3.63, 3.8) is 0 Å². The van der Waals surface area contributed by atoms with Crippen LogP contribution in [0, 0.1) is 0 Å². The molecule has 0 aliphatic rings. The number of carbonyl (C=O) groups excluding carboxylic acids is 2. The van der Waals surface area contributed by atoms with Gasteiger partial charge in [0.25, 0.3) is 0 Å². The largest absolute Gasteiger partial charge is 0.497 e. The van der Waals surface area contributed by atoms with Crippen LogP contribution in [0.4, 0.5) is 11.4 Å². The van der Waals surface area contributed by atoms with Gasteiger partial charge in [-0.1, -0.05) is 30.7 Å². The summed E-state index contributed by atoms with van der Waals surface area (Å²) in [6, 6.07) is 12.3. The zero-order valence-electron chi connectivity index (χ0n) is 14.3. The van der Waals surface area contributed by atoms with Crippen LogP contribution >= 0.6 is 11.6 Å². The average Bonchev–Trinajstić information content (AvgIpc) is 2.58. The quantitative estimate of drug-likeness (QED) is 0.774. The van der Waals surface area contributed by atoms with Gasteiger partial charge in [0.1, 0.15) is 5.75 Å². The van der Waals surface area contributed by atoms with Gasteiger partial charge in [0, 0.05) is 12.1 Å². The Morgan fingerprint density at radius 2 is 1.76 bits per heavy atom. The molecule has 0 atom stereocenters. The van der Waals surface area contributed by atoms with Crippen molar-refractivity contribution in [1.29, 1.82) is 0 Å². The van der Waals surface area contributed by atoms with Gasteiger partial charge < -0.3 is 15.4 Å². The van der Waals surface area contributed by atoms with E-state index in [-0.39, 0.29) is 18.2 Å². The van der Waals surface area contributed by atoms with Crippen LogP contribution in [-0.4, -0.2) is 18.9 Å². The molecule has 2 aromatic rings. The molecule has 0 spiro atoms. The summed E-state index contributed by atoms with van der Waals surface area (Å²) in [5.74, 6) is 0.479. The fourth-order valence-electron chi connectivity index (χ4n) is 2.27. The standard InChI is InChI=1S/C19H21ClN2O3/c1-3-4-18(23)21-14-7-10-16(20)17(12-14)22-19(24)11-13-5-8-15(25-2)9-6-13/h5-10,12H,3-4,11H2,1-2H3,(H,21,23)(H,22,24). The molecule has 0 aliphatic heterocycles. The van der Waals surface area contributed by atoms with Crippen LogP contribution in [-0.2, 0) is 16.0 Å². The van der Waals surface area contributed by atoms with E-state index in [0.29, 0.717) is 22.8 Å². The second-order valence-electron chi connectivity index (χ2n) is 5.57. The van der Waals surface area contributed by atoms with Crippen molar-refractivity contribution >= 4 is 34.8 Å². The third kappa shape index (κ3) is 5.80. The first-order valence-corrected chi connectivity index (χ1v) is 8.41. The molecule has 0 bridgehead atoms. The number of methoxy groups -OCH3 is 1. The normalized spacial score (nSPS) is 10.2. The fourth-order valence-corrected chi connectivity index (χ4v) is 2.44. The third-order valence-corrected chi connectivity index (χ3v) is 3.85. The summed E-state index contributed by atoms with van der Waals surface area (Å²) in [6.07, 6.45) is 1.43. The van der Waals surface area contributed by atoms with Gasteiger partial charge in [-0.25, -0.2) is 0 Å². The van der Waals surface area contributed by atoms with Crippen LogP contribution in [0.25, 0.3) is 0 Å². The fraction of sp³-hybridized carbons (Fsp3) is 0.263. The highest BCUT2D eigenvalue weighted by molar-refractivity contribution is 6.33. The van der Waals surface area contributed by atoms with Crippen molar-refractivity contribution in [3.8, 4) is 5.75 Å². The van der Waals surface area contributed by atoms with Gasteiger partial charge in [0.15, 0.2) is 0 Å². The molecule has 25 heavy (non-hydrogen) atoms. The Bertz CT molecular complexity index is 745. The minimum absolute atomic E-state index is 0.0691. The second-order valence-corrected chi connectivity index (χ2v) is 5.97. The number of hydrogen-bond donors (Lipinski definition) is 2. The van der Waals surface area contributed by atoms with Crippen molar-refractivity contribution in [2.45, 2.75) is 26.2 Å². The number of hydrogen-bond acceptors (Lipinski definition) is 3. The molecular formula is C19H21ClN2O3. The number of anilines is 2. The molecule has 0 heterocycles. The lowest BCUT2D eigenvalue weighted by molar-refractivity contribution is -0.116. The number of amides is 2. The molecule has 0 saturated heterocycles. The Kier molecular flexibility index (Phi) is 6.83. The predicted molar refractivity (Wildman–Crippen MR) is 100 cm³/mol. The van der Waals surface area contributed by atoms with E-state index in [0.717, 1.165) is 17.7 Å². The van der Waals surface area contributed by atoms with E-state index in [9.17, 15) is 9.59 Å². The SMILES string of the molecule is CCCC(=O)Nc1ccc(Cl)c(NC(=O)Cc2ccc(OC)cc2)c1. The zero-order chi connectivity index (χ0) is 18.2. The minimum Gasteiger partial charge on any atom is -0.497 e. The first-order valence-electron chi connectivity index (χ1n) is 8.04. The molecule has 0 aliphatic carbocycles. The van der Waals surface area contributed by atoms with Crippen LogP contribution in [0.3, 0.4) is 0 Å². The van der Waals surface area contributed by atoms with Crippen molar-refractivity contribution in [2.24, 2.45) is 0 Å². The Balaban J connectivity index is 2.02. The van der Waals surface area contributed by atoms with Crippen LogP contribution in [0.5, 0.6) is 5.75 Å². The Morgan fingerprint density at radius 1 is 1.04 bits per heavy atom. The van der Waals surface area contributed by atoms with E-state index in [2.05, 4.69) is 10.6 Å². The Morgan fingerprint density at radius 3 is 2.40 bits per heavy atom. The summed E-state index contributed by atoms with van der Waals surface area (Å²) >= 11 is 6.14. The first kappa shape index (κ1) is 18.8. The smallest absolute Gasteiger partial charge is 0.228 e. The first-order chi connectivity index (χ1) is 12.0. The summed E-state index contributed by atoms with van der Waals surface area (Å²) in [7, 11) is 1.59. The molecule has 2 amide bonds. The zero-order valence-corrected chi connectivity index (χ0v) is 15.0. The van der Waals surface area contributed by atoms with Gasteiger partial charge in [0.2, 0.25) is 11.8 Å². The topological polar surface area (TPSA) is 67.4 Å². The van der Waals surface area contributed by atoms with Gasteiger partial charge in [-0.3, -0.25) is 9.59 Å². The predicted octanol–water partition coefficient (Wildman–Crippen LogP) is 4.27. The van der Waals surface area contributed by atoms with E-state index in [4.69, 9.17) is 16.3 Å². The molecule has 0 radical (unpaired) electrons. The van der Waals surface area contributed by atoms with Gasteiger partial charge in [0.05, 0.1) is 24.2 Å². The third-order valence-electron chi connectivity index (χ3n) is 3.53. The maximum absolute atomic E-state index is 12.2. The van der Waals surface area contributed by atoms with Crippen LogP contribution in [0.1, 0.15) is 25.3 Å². The molecule has 0 fully saturated rings. The van der Waals surface area contributed by atoms with E-state index in [1.54, 1.807) is 37.4 Å². The van der Waals surface area contributed by atoms with Crippen molar-refractivity contribution in [2.75, 3.05) is 17.7 Å². The second kappa shape index (κ2) is 9.08. The van der Waals surface area contributed by atoms with E-state index in [1.807, 2.05) is 19.1 Å². The Hall–Kier alpha value is -2.53. The molecular weight excluding hydrogens is 340 g/mol. The molecule has 0 saturated carbocycles. The summed E-state index contributed by atoms with van der Waals surface area (Å²) in [6.45, 7) is 1.94. The van der Waals surface area contributed by atoms with Gasteiger partial charge in [-0.2, -0.15) is 0 Å². The molecule has 5 nitrogen and oxygen atoms in total. The number of ether oxygens (including phenoxy) is 1. The highest BCUT2D eigenvalue weighted by Gasteiger charge is 2.09. The molecule has 0 unspecified atom stereocenters. The van der Waals surface area contributed by atoms with E-state index in [1.165, 1.54) is 0 Å². The van der Waals surface area contributed by atoms with Crippen molar-refractivity contribution in [1.82, 2.24) is 0 Å². The maximum atomic E-state index is 12.2. The Labute approximate surface area is 152 Å². The van der Waals surface area contributed by atoms with Gasteiger partial charge in [-0.05, 0) is 42.3 Å². The maximum Gasteiger partial charge on any atom is 0.228 e. The summed E-state index contributed by atoms with van der Waals surface area (Å²) < 4.78 is 5.10. The summed E-state index contributed by atoms with van der Waals surface area (Å²) in [4.78, 5) is 23.9. The molecule has 2 rings (SSSR count).